The van der Waals surface area contributed by atoms with Crippen LogP contribution in [0.4, 0.5) is 0 Å². The van der Waals surface area contributed by atoms with E-state index in [1.165, 1.54) is 6.20 Å². The average molecular weight is 195 g/mol. The number of carbonyl (C=O) groups is 1. The molecular formula is C9H7ClN2O. The summed E-state index contributed by atoms with van der Waals surface area (Å²) in [5.74, 6) is -0.0780. The Bertz CT molecular complexity index is 340. The highest BCUT2D eigenvalue weighted by molar-refractivity contribution is 6.29. The molecule has 66 valence electrons. The van der Waals surface area contributed by atoms with Crippen LogP contribution in [-0.4, -0.2) is 10.8 Å². The van der Waals surface area contributed by atoms with Crippen LogP contribution in [0, 0.1) is 11.3 Å². The predicted octanol–water partition coefficient (Wildman–Crippen LogP) is 2.22. The third kappa shape index (κ3) is 2.85. The molecule has 0 saturated carbocycles. The van der Waals surface area contributed by atoms with E-state index in [0.29, 0.717) is 10.7 Å². The second kappa shape index (κ2) is 4.58. The summed E-state index contributed by atoms with van der Waals surface area (Å²) in [6.45, 7) is 0. The Balaban J connectivity index is 2.68. The van der Waals surface area contributed by atoms with Crippen LogP contribution in [0.2, 0.25) is 5.15 Å². The minimum absolute atomic E-state index is 0.0780. The van der Waals surface area contributed by atoms with Crippen molar-refractivity contribution in [2.45, 2.75) is 12.8 Å². The van der Waals surface area contributed by atoms with E-state index in [9.17, 15) is 4.79 Å². The number of Topliss-reactive ketones (excluding diaryl/α,β-unsaturated/α-hetero) is 1. The number of carbonyl (C=O) groups excluding carboxylic acids is 1. The smallest absolute Gasteiger partial charge is 0.165 e. The van der Waals surface area contributed by atoms with E-state index in [4.69, 9.17) is 16.9 Å². The number of ketones is 1. The van der Waals surface area contributed by atoms with Crippen molar-refractivity contribution in [1.29, 1.82) is 5.26 Å². The van der Waals surface area contributed by atoms with Crippen LogP contribution >= 0.6 is 11.6 Å². The maximum Gasteiger partial charge on any atom is 0.165 e. The number of hydrogen-bond donors (Lipinski definition) is 0. The topological polar surface area (TPSA) is 53.8 Å². The van der Waals surface area contributed by atoms with Gasteiger partial charge in [-0.15, -0.1) is 0 Å². The van der Waals surface area contributed by atoms with Crippen molar-refractivity contribution in [3.05, 3.63) is 29.0 Å². The molecule has 0 aliphatic carbocycles. The normalized spacial score (nSPS) is 9.23. The van der Waals surface area contributed by atoms with Crippen molar-refractivity contribution in [3.63, 3.8) is 0 Å². The molecule has 0 aliphatic heterocycles. The van der Waals surface area contributed by atoms with Gasteiger partial charge in [-0.3, -0.25) is 4.79 Å². The van der Waals surface area contributed by atoms with Crippen LogP contribution in [0.3, 0.4) is 0 Å². The van der Waals surface area contributed by atoms with Crippen molar-refractivity contribution in [2.24, 2.45) is 0 Å². The number of nitrogens with zero attached hydrogens (tertiary/aromatic N) is 2. The van der Waals surface area contributed by atoms with E-state index in [0.717, 1.165) is 0 Å². The van der Waals surface area contributed by atoms with E-state index in [1.54, 1.807) is 12.1 Å². The molecule has 1 aromatic heterocycles. The van der Waals surface area contributed by atoms with Crippen molar-refractivity contribution in [2.75, 3.05) is 0 Å². The summed E-state index contributed by atoms with van der Waals surface area (Å²) in [7, 11) is 0. The molecule has 0 saturated heterocycles. The lowest BCUT2D eigenvalue weighted by atomic mass is 10.1. The summed E-state index contributed by atoms with van der Waals surface area (Å²) in [4.78, 5) is 15.1. The zero-order chi connectivity index (χ0) is 9.68. The molecule has 13 heavy (non-hydrogen) atoms. The fraction of sp³-hybridized carbons (Fsp3) is 0.222. The van der Waals surface area contributed by atoms with Gasteiger partial charge in [0.25, 0.3) is 0 Å². The highest BCUT2D eigenvalue weighted by Crippen LogP contribution is 2.08. The third-order valence-corrected chi connectivity index (χ3v) is 1.74. The molecule has 0 atom stereocenters. The number of aromatic nitrogens is 1. The second-order valence-corrected chi connectivity index (χ2v) is 2.84. The molecule has 0 fully saturated rings. The minimum atomic E-state index is -0.0780. The van der Waals surface area contributed by atoms with E-state index in [-0.39, 0.29) is 18.6 Å². The quantitative estimate of drug-likeness (QED) is 0.548. The monoisotopic (exact) mass is 194 g/mol. The first-order valence-corrected chi connectivity index (χ1v) is 4.13. The molecule has 1 rings (SSSR count). The van der Waals surface area contributed by atoms with Crippen molar-refractivity contribution in [1.82, 2.24) is 4.98 Å². The maximum absolute atomic E-state index is 11.3. The zero-order valence-corrected chi connectivity index (χ0v) is 7.58. The molecular weight excluding hydrogens is 188 g/mol. The molecule has 1 heterocycles. The van der Waals surface area contributed by atoms with Gasteiger partial charge < -0.3 is 0 Å². The Kier molecular flexibility index (Phi) is 3.41. The van der Waals surface area contributed by atoms with Crippen LogP contribution in [0.15, 0.2) is 18.3 Å². The van der Waals surface area contributed by atoms with E-state index in [1.807, 2.05) is 6.07 Å². The third-order valence-electron chi connectivity index (χ3n) is 1.51. The van der Waals surface area contributed by atoms with E-state index < -0.39 is 0 Å². The minimum Gasteiger partial charge on any atom is -0.294 e. The first-order valence-electron chi connectivity index (χ1n) is 3.75. The summed E-state index contributed by atoms with van der Waals surface area (Å²) >= 11 is 5.55. The van der Waals surface area contributed by atoms with Crippen molar-refractivity contribution >= 4 is 17.4 Å². The number of nitriles is 1. The largest absolute Gasteiger partial charge is 0.294 e. The first-order chi connectivity index (χ1) is 6.24. The van der Waals surface area contributed by atoms with Gasteiger partial charge in [-0.25, -0.2) is 4.98 Å². The lowest BCUT2D eigenvalue weighted by Gasteiger charge is -1.96. The SMILES string of the molecule is N#CCCC(=O)c1ccc(Cl)nc1. The van der Waals surface area contributed by atoms with Gasteiger partial charge in [-0.1, -0.05) is 11.6 Å². The molecule has 0 aromatic carbocycles. The van der Waals surface area contributed by atoms with Gasteiger partial charge in [-0.2, -0.15) is 5.26 Å². The molecule has 3 nitrogen and oxygen atoms in total. The highest BCUT2D eigenvalue weighted by atomic mass is 35.5. The van der Waals surface area contributed by atoms with Gasteiger partial charge in [0, 0.05) is 24.6 Å². The lowest BCUT2D eigenvalue weighted by molar-refractivity contribution is 0.0984. The Morgan fingerprint density at radius 1 is 1.62 bits per heavy atom. The first kappa shape index (κ1) is 9.69. The Morgan fingerprint density at radius 2 is 2.38 bits per heavy atom. The van der Waals surface area contributed by atoms with Crippen LogP contribution in [-0.2, 0) is 0 Å². The summed E-state index contributed by atoms with van der Waals surface area (Å²) < 4.78 is 0. The van der Waals surface area contributed by atoms with Crippen LogP contribution < -0.4 is 0 Å². The predicted molar refractivity (Wildman–Crippen MR) is 48.4 cm³/mol. The van der Waals surface area contributed by atoms with Crippen molar-refractivity contribution < 1.29 is 4.79 Å². The van der Waals surface area contributed by atoms with Crippen molar-refractivity contribution in [3.8, 4) is 6.07 Å². The van der Waals surface area contributed by atoms with Gasteiger partial charge in [-0.05, 0) is 12.1 Å². The number of pyridine rings is 1. The van der Waals surface area contributed by atoms with Gasteiger partial charge in [0.05, 0.1) is 6.07 Å². The molecule has 0 bridgehead atoms. The summed E-state index contributed by atoms with van der Waals surface area (Å²) in [6, 6.07) is 5.08. The zero-order valence-electron chi connectivity index (χ0n) is 6.83. The standard InChI is InChI=1S/C9H7ClN2O/c10-9-4-3-7(6-12-9)8(13)2-1-5-11/h3-4,6H,1-2H2. The number of halogens is 1. The van der Waals surface area contributed by atoms with E-state index >= 15 is 0 Å². The van der Waals surface area contributed by atoms with Crippen LogP contribution in [0.25, 0.3) is 0 Å². The molecule has 0 aliphatic rings. The molecule has 0 unspecified atom stereocenters. The van der Waals surface area contributed by atoms with Crippen LogP contribution in [0.1, 0.15) is 23.2 Å². The van der Waals surface area contributed by atoms with Crippen LogP contribution in [0.5, 0.6) is 0 Å². The summed E-state index contributed by atoms with van der Waals surface area (Å²) in [5, 5.41) is 8.63. The van der Waals surface area contributed by atoms with Gasteiger partial charge in [0.2, 0.25) is 0 Å². The maximum atomic E-state index is 11.3. The Hall–Kier alpha value is -1.40. The molecule has 0 amide bonds. The van der Waals surface area contributed by atoms with Gasteiger partial charge in [0.15, 0.2) is 5.78 Å². The molecule has 0 N–H and O–H groups in total. The number of hydrogen-bond acceptors (Lipinski definition) is 3. The molecule has 0 radical (unpaired) electrons. The van der Waals surface area contributed by atoms with E-state index in [2.05, 4.69) is 4.98 Å². The summed E-state index contributed by atoms with van der Waals surface area (Å²) in [5.41, 5.74) is 0.500. The number of rotatable bonds is 3. The Morgan fingerprint density at radius 3 is 2.92 bits per heavy atom. The fourth-order valence-corrected chi connectivity index (χ4v) is 0.966. The van der Waals surface area contributed by atoms with Gasteiger partial charge in [0.1, 0.15) is 5.15 Å². The molecule has 4 heteroatoms. The average Bonchev–Trinajstić information content (AvgIpc) is 2.15. The summed E-state index contributed by atoms with van der Waals surface area (Å²) in [6.07, 6.45) is 1.89. The second-order valence-electron chi connectivity index (χ2n) is 2.45. The lowest BCUT2D eigenvalue weighted by Crippen LogP contribution is -1.98. The Labute approximate surface area is 81.0 Å². The highest BCUT2D eigenvalue weighted by Gasteiger charge is 2.04. The molecule has 0 spiro atoms. The fourth-order valence-electron chi connectivity index (χ4n) is 0.855. The molecule has 1 aromatic rings. The van der Waals surface area contributed by atoms with Gasteiger partial charge >= 0.3 is 0 Å².